The zero-order valence-corrected chi connectivity index (χ0v) is 17.5. The van der Waals surface area contributed by atoms with Gasteiger partial charge in [-0.1, -0.05) is 36.4 Å². The number of carbonyl (C=O) groups excluding carboxylic acids is 2. The van der Waals surface area contributed by atoms with E-state index in [-0.39, 0.29) is 23.9 Å². The number of nitrogens with two attached hydrogens (primary N) is 1. The van der Waals surface area contributed by atoms with Crippen LogP contribution in [0.15, 0.2) is 48.5 Å². The lowest BCUT2D eigenvalue weighted by Gasteiger charge is -2.52. The summed E-state index contributed by atoms with van der Waals surface area (Å²) in [4.78, 5) is 29.7. The first-order chi connectivity index (χ1) is 14.5. The van der Waals surface area contributed by atoms with E-state index >= 15 is 0 Å². The van der Waals surface area contributed by atoms with E-state index in [0.29, 0.717) is 26.1 Å². The summed E-state index contributed by atoms with van der Waals surface area (Å²) in [5, 5.41) is 0. The standard InChI is InChI=1S/C24H29N3O3/c1-30-21-9-7-18(8-10-21)13-22(28)27-16-20-6-3-2-5-19(20)14-24(27)11-4-12-26(17-24)23(29)15-25/h2-3,5-10H,4,11-17,25H2,1H3. The molecule has 2 heterocycles. The van der Waals surface area contributed by atoms with Crippen molar-refractivity contribution in [2.75, 3.05) is 26.7 Å². The Morgan fingerprint density at radius 2 is 1.80 bits per heavy atom. The fourth-order valence-corrected chi connectivity index (χ4v) is 4.86. The highest BCUT2D eigenvalue weighted by Crippen LogP contribution is 2.38. The molecule has 6 nitrogen and oxygen atoms in total. The van der Waals surface area contributed by atoms with E-state index in [1.165, 1.54) is 11.1 Å². The smallest absolute Gasteiger partial charge is 0.236 e. The summed E-state index contributed by atoms with van der Waals surface area (Å²) < 4.78 is 5.22. The number of fused-ring (bicyclic) bond motifs is 1. The van der Waals surface area contributed by atoms with Gasteiger partial charge in [0, 0.05) is 19.6 Å². The van der Waals surface area contributed by atoms with Crippen LogP contribution in [0.3, 0.4) is 0 Å². The number of hydrogen-bond donors (Lipinski definition) is 1. The average Bonchev–Trinajstić information content (AvgIpc) is 2.78. The predicted molar refractivity (Wildman–Crippen MR) is 115 cm³/mol. The van der Waals surface area contributed by atoms with Gasteiger partial charge in [-0.2, -0.15) is 0 Å². The number of ether oxygens (including phenoxy) is 1. The maximum absolute atomic E-state index is 13.5. The van der Waals surface area contributed by atoms with E-state index in [1.807, 2.05) is 46.2 Å². The van der Waals surface area contributed by atoms with E-state index in [0.717, 1.165) is 30.6 Å². The fourth-order valence-electron chi connectivity index (χ4n) is 4.86. The van der Waals surface area contributed by atoms with Crippen molar-refractivity contribution in [2.24, 2.45) is 5.73 Å². The molecular weight excluding hydrogens is 378 g/mol. The van der Waals surface area contributed by atoms with Gasteiger partial charge in [0.2, 0.25) is 11.8 Å². The molecule has 158 valence electrons. The van der Waals surface area contributed by atoms with E-state index < -0.39 is 0 Å². The van der Waals surface area contributed by atoms with Crippen LogP contribution < -0.4 is 10.5 Å². The van der Waals surface area contributed by atoms with Gasteiger partial charge >= 0.3 is 0 Å². The molecule has 0 radical (unpaired) electrons. The van der Waals surface area contributed by atoms with Crippen molar-refractivity contribution in [1.82, 2.24) is 9.80 Å². The van der Waals surface area contributed by atoms with Gasteiger partial charge < -0.3 is 20.3 Å². The number of piperidine rings is 1. The highest BCUT2D eigenvalue weighted by atomic mass is 16.5. The molecule has 30 heavy (non-hydrogen) atoms. The van der Waals surface area contributed by atoms with E-state index in [2.05, 4.69) is 12.1 Å². The molecule has 1 saturated heterocycles. The number of likely N-dealkylation sites (tertiary alicyclic amines) is 1. The number of carbonyl (C=O) groups is 2. The first-order valence-corrected chi connectivity index (χ1v) is 10.5. The molecule has 1 fully saturated rings. The third kappa shape index (κ3) is 3.92. The molecule has 1 unspecified atom stereocenters. The maximum atomic E-state index is 13.5. The molecule has 2 aromatic rings. The van der Waals surface area contributed by atoms with Crippen molar-refractivity contribution in [2.45, 2.75) is 37.8 Å². The number of amides is 2. The van der Waals surface area contributed by atoms with Crippen LogP contribution in [0.2, 0.25) is 0 Å². The van der Waals surface area contributed by atoms with Crippen molar-refractivity contribution in [3.05, 3.63) is 65.2 Å². The van der Waals surface area contributed by atoms with Gasteiger partial charge in [0.1, 0.15) is 5.75 Å². The molecule has 0 aliphatic carbocycles. The molecule has 2 aliphatic heterocycles. The van der Waals surface area contributed by atoms with Gasteiger partial charge in [0.25, 0.3) is 0 Å². The van der Waals surface area contributed by atoms with Crippen LogP contribution in [-0.4, -0.2) is 53.9 Å². The summed E-state index contributed by atoms with van der Waals surface area (Å²) in [7, 11) is 1.63. The number of methoxy groups -OCH3 is 1. The summed E-state index contributed by atoms with van der Waals surface area (Å²) in [6.45, 7) is 1.84. The monoisotopic (exact) mass is 407 g/mol. The Bertz CT molecular complexity index is 928. The van der Waals surface area contributed by atoms with Gasteiger partial charge in [-0.15, -0.1) is 0 Å². The summed E-state index contributed by atoms with van der Waals surface area (Å²) in [5.41, 5.74) is 8.68. The van der Waals surface area contributed by atoms with Crippen molar-refractivity contribution in [3.8, 4) is 5.75 Å². The van der Waals surface area contributed by atoms with Gasteiger partial charge in [0.15, 0.2) is 0 Å². The molecule has 0 bridgehead atoms. The first-order valence-electron chi connectivity index (χ1n) is 10.5. The van der Waals surface area contributed by atoms with Gasteiger partial charge in [-0.25, -0.2) is 0 Å². The number of benzene rings is 2. The quantitative estimate of drug-likeness (QED) is 0.843. The van der Waals surface area contributed by atoms with Gasteiger partial charge in [0.05, 0.1) is 25.6 Å². The zero-order chi connectivity index (χ0) is 21.1. The van der Waals surface area contributed by atoms with Gasteiger partial charge in [-0.3, -0.25) is 9.59 Å². The molecule has 2 aromatic carbocycles. The van der Waals surface area contributed by atoms with Crippen LogP contribution in [0.4, 0.5) is 0 Å². The Morgan fingerprint density at radius 1 is 1.07 bits per heavy atom. The Kier molecular flexibility index (Phi) is 5.77. The first kappa shape index (κ1) is 20.4. The third-order valence-corrected chi connectivity index (χ3v) is 6.44. The molecule has 0 aromatic heterocycles. The Morgan fingerprint density at radius 3 is 2.50 bits per heavy atom. The van der Waals surface area contributed by atoms with Crippen molar-refractivity contribution in [1.29, 1.82) is 0 Å². The van der Waals surface area contributed by atoms with Crippen LogP contribution in [-0.2, 0) is 29.0 Å². The highest BCUT2D eigenvalue weighted by Gasteiger charge is 2.46. The Labute approximate surface area is 177 Å². The molecular formula is C24H29N3O3. The largest absolute Gasteiger partial charge is 0.497 e. The second kappa shape index (κ2) is 8.48. The average molecular weight is 408 g/mol. The minimum Gasteiger partial charge on any atom is -0.497 e. The molecule has 1 atom stereocenters. The SMILES string of the molecule is COc1ccc(CC(=O)N2Cc3ccccc3CC23CCCN(C(=O)CN)C3)cc1. The van der Waals surface area contributed by atoms with E-state index in [1.54, 1.807) is 7.11 Å². The van der Waals surface area contributed by atoms with Crippen LogP contribution in [0.25, 0.3) is 0 Å². The minimum absolute atomic E-state index is 0.00641. The van der Waals surface area contributed by atoms with Crippen LogP contribution in [0.1, 0.15) is 29.5 Å². The van der Waals surface area contributed by atoms with Gasteiger partial charge in [-0.05, 0) is 48.1 Å². The van der Waals surface area contributed by atoms with E-state index in [9.17, 15) is 9.59 Å². The molecule has 6 heteroatoms. The molecule has 1 spiro atoms. The lowest BCUT2D eigenvalue weighted by atomic mass is 9.77. The molecule has 0 saturated carbocycles. The lowest BCUT2D eigenvalue weighted by molar-refractivity contribution is -0.147. The Hall–Kier alpha value is -2.86. The zero-order valence-electron chi connectivity index (χ0n) is 17.5. The van der Waals surface area contributed by atoms with Crippen LogP contribution in [0.5, 0.6) is 5.75 Å². The van der Waals surface area contributed by atoms with Crippen molar-refractivity contribution in [3.63, 3.8) is 0 Å². The lowest BCUT2D eigenvalue weighted by Crippen LogP contribution is -2.64. The topological polar surface area (TPSA) is 75.9 Å². The molecule has 4 rings (SSSR count). The van der Waals surface area contributed by atoms with Crippen LogP contribution >= 0.6 is 0 Å². The predicted octanol–water partition coefficient (Wildman–Crippen LogP) is 2.14. The van der Waals surface area contributed by atoms with Crippen LogP contribution in [0, 0.1) is 0 Å². The highest BCUT2D eigenvalue weighted by molar-refractivity contribution is 5.81. The van der Waals surface area contributed by atoms with Crippen molar-refractivity contribution < 1.29 is 14.3 Å². The summed E-state index contributed by atoms with van der Waals surface area (Å²) >= 11 is 0. The number of nitrogens with zero attached hydrogens (tertiary/aromatic N) is 2. The second-order valence-corrected chi connectivity index (χ2v) is 8.30. The molecule has 2 N–H and O–H groups in total. The molecule has 2 amide bonds. The summed E-state index contributed by atoms with van der Waals surface area (Å²) in [6, 6.07) is 16.0. The normalized spacial score (nSPS) is 20.7. The third-order valence-electron chi connectivity index (χ3n) is 6.44. The van der Waals surface area contributed by atoms with Crippen molar-refractivity contribution >= 4 is 11.8 Å². The minimum atomic E-state index is -0.374. The summed E-state index contributed by atoms with van der Waals surface area (Å²) in [6.07, 6.45) is 2.87. The number of hydrogen-bond acceptors (Lipinski definition) is 4. The molecule has 2 aliphatic rings. The number of rotatable bonds is 4. The second-order valence-electron chi connectivity index (χ2n) is 8.30. The van der Waals surface area contributed by atoms with E-state index in [4.69, 9.17) is 10.5 Å². The fraction of sp³-hybridized carbons (Fsp3) is 0.417. The maximum Gasteiger partial charge on any atom is 0.236 e. The Balaban J connectivity index is 1.63. The summed E-state index contributed by atoms with van der Waals surface area (Å²) in [5.74, 6) is 0.824.